The molecular weight excluding hydrogens is 352 g/mol. The van der Waals surface area contributed by atoms with Crippen molar-refractivity contribution in [2.24, 2.45) is 0 Å². The Morgan fingerprint density at radius 1 is 1.33 bits per heavy atom. The van der Waals surface area contributed by atoms with Gasteiger partial charge in [-0.3, -0.25) is 4.79 Å². The highest BCUT2D eigenvalue weighted by atomic mass is 16.6. The zero-order valence-electron chi connectivity index (χ0n) is 15.0. The summed E-state index contributed by atoms with van der Waals surface area (Å²) in [6, 6.07) is 6.73. The lowest BCUT2D eigenvalue weighted by atomic mass is 10.2. The lowest BCUT2D eigenvalue weighted by Crippen LogP contribution is -2.39. The third kappa shape index (κ3) is 4.44. The van der Waals surface area contributed by atoms with Gasteiger partial charge in [0.15, 0.2) is 0 Å². The maximum absolute atomic E-state index is 12.3. The van der Waals surface area contributed by atoms with Gasteiger partial charge in [-0.1, -0.05) is 0 Å². The molecule has 1 fully saturated rings. The van der Waals surface area contributed by atoms with Crippen molar-refractivity contribution in [2.75, 3.05) is 38.7 Å². The molecule has 0 spiro atoms. The van der Waals surface area contributed by atoms with E-state index >= 15 is 0 Å². The summed E-state index contributed by atoms with van der Waals surface area (Å²) in [7, 11) is 0. The fourth-order valence-electron chi connectivity index (χ4n) is 2.65. The Balaban J connectivity index is 1.64. The van der Waals surface area contributed by atoms with Gasteiger partial charge in [0, 0.05) is 12.1 Å². The van der Waals surface area contributed by atoms with Crippen LogP contribution in [0.4, 0.5) is 5.82 Å². The van der Waals surface area contributed by atoms with Crippen LogP contribution in [0.5, 0.6) is 0 Å². The number of rotatable bonds is 6. The van der Waals surface area contributed by atoms with Crippen molar-refractivity contribution in [2.45, 2.75) is 13.0 Å². The SMILES string of the molecule is CCOC(=O)c1cnn(-c2ccc(C(=O)NC[C@@H]3COCCO3)cc2)c1N. The number of ether oxygens (including phenoxy) is 3. The lowest BCUT2D eigenvalue weighted by Gasteiger charge is -2.23. The summed E-state index contributed by atoms with van der Waals surface area (Å²) in [5, 5.41) is 6.94. The first-order chi connectivity index (χ1) is 13.1. The fourth-order valence-corrected chi connectivity index (χ4v) is 2.65. The highest BCUT2D eigenvalue weighted by Gasteiger charge is 2.18. The van der Waals surface area contributed by atoms with Crippen molar-refractivity contribution < 1.29 is 23.8 Å². The van der Waals surface area contributed by atoms with Gasteiger partial charge in [-0.25, -0.2) is 9.48 Å². The number of nitrogens with zero attached hydrogens (tertiary/aromatic N) is 2. The summed E-state index contributed by atoms with van der Waals surface area (Å²) in [5.74, 6) is -0.553. The average molecular weight is 374 g/mol. The van der Waals surface area contributed by atoms with Gasteiger partial charge in [0.05, 0.1) is 44.4 Å². The van der Waals surface area contributed by atoms with E-state index in [0.717, 1.165) is 0 Å². The Morgan fingerprint density at radius 3 is 2.78 bits per heavy atom. The molecule has 2 aromatic rings. The zero-order valence-corrected chi connectivity index (χ0v) is 15.0. The quantitative estimate of drug-likeness (QED) is 0.717. The number of esters is 1. The number of hydrogen-bond donors (Lipinski definition) is 2. The Labute approximate surface area is 156 Å². The number of aromatic nitrogens is 2. The second-order valence-corrected chi connectivity index (χ2v) is 5.90. The van der Waals surface area contributed by atoms with E-state index in [1.54, 1.807) is 31.2 Å². The molecule has 1 aliphatic rings. The molecule has 3 rings (SSSR count). The second-order valence-electron chi connectivity index (χ2n) is 5.90. The number of benzene rings is 1. The molecule has 0 saturated carbocycles. The predicted octanol–water partition coefficient (Wildman–Crippen LogP) is 0.776. The summed E-state index contributed by atoms with van der Waals surface area (Å²) in [6.07, 6.45) is 1.23. The van der Waals surface area contributed by atoms with E-state index in [1.165, 1.54) is 10.9 Å². The minimum Gasteiger partial charge on any atom is -0.462 e. The second kappa shape index (κ2) is 8.65. The number of anilines is 1. The minimum absolute atomic E-state index is 0.132. The normalized spacial score (nSPS) is 16.7. The summed E-state index contributed by atoms with van der Waals surface area (Å²) >= 11 is 0. The molecule has 1 aliphatic heterocycles. The maximum Gasteiger partial charge on any atom is 0.343 e. The van der Waals surface area contributed by atoms with Gasteiger partial charge in [-0.2, -0.15) is 5.10 Å². The number of nitrogens with one attached hydrogen (secondary N) is 1. The van der Waals surface area contributed by atoms with Gasteiger partial charge in [0.1, 0.15) is 11.4 Å². The van der Waals surface area contributed by atoms with E-state index in [9.17, 15) is 9.59 Å². The van der Waals surface area contributed by atoms with Gasteiger partial charge in [-0.05, 0) is 31.2 Å². The van der Waals surface area contributed by atoms with Crippen molar-refractivity contribution >= 4 is 17.7 Å². The highest BCUT2D eigenvalue weighted by molar-refractivity contribution is 5.95. The van der Waals surface area contributed by atoms with Gasteiger partial charge in [0.25, 0.3) is 5.91 Å². The van der Waals surface area contributed by atoms with Crippen LogP contribution < -0.4 is 11.1 Å². The molecule has 0 unspecified atom stereocenters. The van der Waals surface area contributed by atoms with Crippen LogP contribution in [-0.4, -0.2) is 60.7 Å². The smallest absolute Gasteiger partial charge is 0.343 e. The average Bonchev–Trinajstić information content (AvgIpc) is 3.08. The molecule has 2 heterocycles. The third-order valence-electron chi connectivity index (χ3n) is 4.05. The van der Waals surface area contributed by atoms with Crippen LogP contribution in [-0.2, 0) is 14.2 Å². The maximum atomic E-state index is 12.3. The lowest BCUT2D eigenvalue weighted by molar-refractivity contribution is -0.0855. The molecule has 1 atom stereocenters. The van der Waals surface area contributed by atoms with E-state index in [1.807, 2.05) is 0 Å². The molecular formula is C18H22N4O5. The van der Waals surface area contributed by atoms with E-state index in [-0.39, 0.29) is 30.0 Å². The Morgan fingerprint density at radius 2 is 2.11 bits per heavy atom. The summed E-state index contributed by atoms with van der Waals surface area (Å²) in [4.78, 5) is 24.1. The van der Waals surface area contributed by atoms with E-state index < -0.39 is 5.97 Å². The summed E-state index contributed by atoms with van der Waals surface area (Å²) in [5.41, 5.74) is 7.31. The molecule has 144 valence electrons. The Kier molecular flexibility index (Phi) is 6.05. The Bertz CT molecular complexity index is 797. The number of nitrogens with two attached hydrogens (primary N) is 1. The van der Waals surface area contributed by atoms with Gasteiger partial charge >= 0.3 is 5.97 Å². The number of nitrogen functional groups attached to an aromatic ring is 1. The molecule has 1 saturated heterocycles. The third-order valence-corrected chi connectivity index (χ3v) is 4.05. The van der Waals surface area contributed by atoms with Crippen LogP contribution in [0.25, 0.3) is 5.69 Å². The molecule has 1 aromatic heterocycles. The highest BCUT2D eigenvalue weighted by Crippen LogP contribution is 2.18. The minimum atomic E-state index is -0.522. The summed E-state index contributed by atoms with van der Waals surface area (Å²) < 4.78 is 17.1. The first kappa shape index (κ1) is 18.9. The van der Waals surface area contributed by atoms with Crippen molar-refractivity contribution in [3.8, 4) is 5.69 Å². The van der Waals surface area contributed by atoms with Crippen LogP contribution in [0.15, 0.2) is 30.5 Å². The van der Waals surface area contributed by atoms with Crippen LogP contribution in [0.2, 0.25) is 0 Å². The van der Waals surface area contributed by atoms with Crippen molar-refractivity contribution in [3.05, 3.63) is 41.6 Å². The van der Waals surface area contributed by atoms with Gasteiger partial charge in [0.2, 0.25) is 0 Å². The number of carbonyl (C=O) groups is 2. The van der Waals surface area contributed by atoms with Crippen molar-refractivity contribution in [1.82, 2.24) is 15.1 Å². The largest absolute Gasteiger partial charge is 0.462 e. The zero-order chi connectivity index (χ0) is 19.2. The van der Waals surface area contributed by atoms with Gasteiger partial charge in [-0.15, -0.1) is 0 Å². The fraction of sp³-hybridized carbons (Fsp3) is 0.389. The molecule has 27 heavy (non-hydrogen) atoms. The number of carbonyl (C=O) groups excluding carboxylic acids is 2. The van der Waals surface area contributed by atoms with E-state index in [2.05, 4.69) is 10.4 Å². The van der Waals surface area contributed by atoms with E-state index in [4.69, 9.17) is 19.9 Å². The van der Waals surface area contributed by atoms with Gasteiger partial charge < -0.3 is 25.3 Å². The predicted molar refractivity (Wildman–Crippen MR) is 96.8 cm³/mol. The Hall–Kier alpha value is -2.91. The van der Waals surface area contributed by atoms with Crippen LogP contribution >= 0.6 is 0 Å². The van der Waals surface area contributed by atoms with Crippen LogP contribution in [0.1, 0.15) is 27.6 Å². The topological polar surface area (TPSA) is 118 Å². The monoisotopic (exact) mass is 374 g/mol. The molecule has 1 aromatic carbocycles. The van der Waals surface area contributed by atoms with Crippen molar-refractivity contribution in [3.63, 3.8) is 0 Å². The number of amides is 1. The molecule has 0 radical (unpaired) electrons. The number of hydrogen-bond acceptors (Lipinski definition) is 7. The molecule has 0 aliphatic carbocycles. The standard InChI is InChI=1S/C18H22N4O5/c1-2-26-18(24)15-10-21-22(16(15)19)13-5-3-12(4-6-13)17(23)20-9-14-11-25-7-8-27-14/h3-6,10,14H,2,7-9,11,19H2,1H3,(H,20,23)/t14-/m1/s1. The molecule has 1 amide bonds. The molecule has 0 bridgehead atoms. The molecule has 3 N–H and O–H groups in total. The van der Waals surface area contributed by atoms with Crippen LogP contribution in [0, 0.1) is 0 Å². The summed E-state index contributed by atoms with van der Waals surface area (Å²) in [6.45, 7) is 3.95. The first-order valence-corrected chi connectivity index (χ1v) is 8.68. The van der Waals surface area contributed by atoms with Crippen molar-refractivity contribution in [1.29, 1.82) is 0 Å². The first-order valence-electron chi connectivity index (χ1n) is 8.68. The molecule has 9 heteroatoms. The van der Waals surface area contributed by atoms with Crippen LogP contribution in [0.3, 0.4) is 0 Å². The van der Waals surface area contributed by atoms with E-state index in [0.29, 0.717) is 37.6 Å². The molecule has 9 nitrogen and oxygen atoms in total.